The molecule has 0 amide bonds. The average molecular weight is 188 g/mol. The van der Waals surface area contributed by atoms with Gasteiger partial charge < -0.3 is 4.98 Å². The lowest BCUT2D eigenvalue weighted by molar-refractivity contribution is 0.626. The molecule has 1 N–H and O–H groups in total. The van der Waals surface area contributed by atoms with Crippen LogP contribution >= 0.6 is 0 Å². The fourth-order valence-corrected chi connectivity index (χ4v) is 1.21. The SMILES string of the molecule is O=c1ccc(-c2cc[c]c(F)c2)c[nH]1. The molecule has 3 heteroatoms. The van der Waals surface area contributed by atoms with Crippen LogP contribution in [0.4, 0.5) is 4.39 Å². The second-order valence-corrected chi connectivity index (χ2v) is 2.87. The predicted octanol–water partition coefficient (Wildman–Crippen LogP) is 1.98. The number of H-pyrrole nitrogens is 1. The Kier molecular flexibility index (Phi) is 2.14. The molecule has 0 saturated carbocycles. The third-order valence-corrected chi connectivity index (χ3v) is 1.88. The molecule has 0 fully saturated rings. The van der Waals surface area contributed by atoms with Crippen LogP contribution in [0.2, 0.25) is 0 Å². The van der Waals surface area contributed by atoms with Gasteiger partial charge in [0.15, 0.2) is 0 Å². The van der Waals surface area contributed by atoms with Crippen molar-refractivity contribution in [2.45, 2.75) is 0 Å². The highest BCUT2D eigenvalue weighted by atomic mass is 19.1. The first-order valence-electron chi connectivity index (χ1n) is 4.12. The van der Waals surface area contributed by atoms with Gasteiger partial charge in [0.05, 0.1) is 0 Å². The van der Waals surface area contributed by atoms with E-state index in [1.165, 1.54) is 18.2 Å². The van der Waals surface area contributed by atoms with E-state index < -0.39 is 5.82 Å². The minimum Gasteiger partial charge on any atom is -0.328 e. The Balaban J connectivity index is 2.49. The first kappa shape index (κ1) is 8.69. The number of aromatic amines is 1. The lowest BCUT2D eigenvalue weighted by Gasteiger charge is -1.99. The molecule has 0 bridgehead atoms. The highest BCUT2D eigenvalue weighted by molar-refractivity contribution is 5.61. The Bertz CT molecular complexity index is 484. The lowest BCUT2D eigenvalue weighted by atomic mass is 10.1. The van der Waals surface area contributed by atoms with Crippen molar-refractivity contribution >= 4 is 0 Å². The Morgan fingerprint density at radius 3 is 2.71 bits per heavy atom. The van der Waals surface area contributed by atoms with Gasteiger partial charge in [-0.25, -0.2) is 4.39 Å². The summed E-state index contributed by atoms with van der Waals surface area (Å²) in [5.41, 5.74) is 1.33. The van der Waals surface area contributed by atoms with Crippen molar-refractivity contribution in [3.05, 3.63) is 58.8 Å². The minimum atomic E-state index is -0.409. The molecule has 1 aromatic carbocycles. The molecule has 2 rings (SSSR count). The van der Waals surface area contributed by atoms with Gasteiger partial charge in [0.2, 0.25) is 5.56 Å². The molecule has 2 nitrogen and oxygen atoms in total. The summed E-state index contributed by atoms with van der Waals surface area (Å²) < 4.78 is 12.8. The molecule has 14 heavy (non-hydrogen) atoms. The maximum atomic E-state index is 12.8. The molecule has 2 aromatic rings. The van der Waals surface area contributed by atoms with E-state index in [0.29, 0.717) is 0 Å². The van der Waals surface area contributed by atoms with Crippen molar-refractivity contribution in [3.63, 3.8) is 0 Å². The standard InChI is InChI=1S/C11H7FNO/c12-10-3-1-2-8(6-10)9-4-5-11(14)13-7-9/h1-2,4-7H,(H,13,14). The Morgan fingerprint density at radius 1 is 1.21 bits per heavy atom. The van der Waals surface area contributed by atoms with E-state index in [1.54, 1.807) is 18.3 Å². The molecule has 0 spiro atoms. The molecule has 0 aliphatic rings. The number of pyridine rings is 1. The summed E-state index contributed by atoms with van der Waals surface area (Å²) in [5, 5.41) is 0. The van der Waals surface area contributed by atoms with E-state index in [4.69, 9.17) is 0 Å². The summed E-state index contributed by atoms with van der Waals surface area (Å²) in [6.07, 6.45) is 1.55. The molecule has 0 atom stereocenters. The number of benzene rings is 1. The number of aromatic nitrogens is 1. The van der Waals surface area contributed by atoms with Crippen LogP contribution in [0.5, 0.6) is 0 Å². The first-order chi connectivity index (χ1) is 6.75. The molecule has 0 aliphatic carbocycles. The van der Waals surface area contributed by atoms with Crippen LogP contribution in [-0.4, -0.2) is 4.98 Å². The molecule has 1 heterocycles. The zero-order valence-corrected chi connectivity index (χ0v) is 7.25. The van der Waals surface area contributed by atoms with Crippen molar-refractivity contribution in [2.75, 3.05) is 0 Å². The van der Waals surface area contributed by atoms with E-state index in [0.717, 1.165) is 11.1 Å². The second kappa shape index (κ2) is 3.46. The zero-order valence-electron chi connectivity index (χ0n) is 7.25. The Labute approximate surface area is 80.0 Å². The summed E-state index contributed by atoms with van der Waals surface area (Å²) in [4.78, 5) is 13.3. The van der Waals surface area contributed by atoms with Gasteiger partial charge in [0.25, 0.3) is 0 Å². The first-order valence-corrected chi connectivity index (χ1v) is 4.12. The Hall–Kier alpha value is -1.90. The van der Waals surface area contributed by atoms with E-state index in [2.05, 4.69) is 11.1 Å². The maximum Gasteiger partial charge on any atom is 0.247 e. The number of rotatable bonds is 1. The fourth-order valence-electron chi connectivity index (χ4n) is 1.21. The third kappa shape index (κ3) is 1.71. The molecule has 0 unspecified atom stereocenters. The largest absolute Gasteiger partial charge is 0.328 e. The van der Waals surface area contributed by atoms with Crippen LogP contribution in [0.25, 0.3) is 11.1 Å². The fraction of sp³-hybridized carbons (Fsp3) is 0. The van der Waals surface area contributed by atoms with E-state index in [9.17, 15) is 9.18 Å². The predicted molar refractivity (Wildman–Crippen MR) is 51.3 cm³/mol. The van der Waals surface area contributed by atoms with Crippen LogP contribution in [0.3, 0.4) is 0 Å². The summed E-state index contributed by atoms with van der Waals surface area (Å²) in [6, 6.07) is 10.1. The van der Waals surface area contributed by atoms with Crippen molar-refractivity contribution in [3.8, 4) is 11.1 Å². The van der Waals surface area contributed by atoms with Gasteiger partial charge >= 0.3 is 0 Å². The third-order valence-electron chi connectivity index (χ3n) is 1.88. The monoisotopic (exact) mass is 188 g/mol. The van der Waals surface area contributed by atoms with Crippen molar-refractivity contribution in [1.29, 1.82) is 0 Å². The van der Waals surface area contributed by atoms with Crippen LogP contribution in [0.15, 0.2) is 41.3 Å². The van der Waals surface area contributed by atoms with Crippen LogP contribution in [0.1, 0.15) is 0 Å². The molecule has 0 saturated heterocycles. The van der Waals surface area contributed by atoms with Crippen molar-refractivity contribution < 1.29 is 4.39 Å². The summed E-state index contributed by atoms with van der Waals surface area (Å²) in [6.45, 7) is 0. The molecule has 1 radical (unpaired) electrons. The van der Waals surface area contributed by atoms with Gasteiger partial charge in [-0.05, 0) is 23.3 Å². The molecular weight excluding hydrogens is 181 g/mol. The molecular formula is C11H7FNO. The number of hydrogen-bond acceptors (Lipinski definition) is 1. The Morgan fingerprint density at radius 2 is 2.07 bits per heavy atom. The van der Waals surface area contributed by atoms with Crippen molar-refractivity contribution in [2.24, 2.45) is 0 Å². The van der Waals surface area contributed by atoms with Gasteiger partial charge in [-0.2, -0.15) is 0 Å². The smallest absolute Gasteiger partial charge is 0.247 e. The van der Waals surface area contributed by atoms with Crippen molar-refractivity contribution in [1.82, 2.24) is 4.98 Å². The van der Waals surface area contributed by atoms with Gasteiger partial charge in [-0.3, -0.25) is 4.79 Å². The van der Waals surface area contributed by atoms with E-state index in [-0.39, 0.29) is 5.56 Å². The highest BCUT2D eigenvalue weighted by Gasteiger charge is 1.98. The topological polar surface area (TPSA) is 32.9 Å². The average Bonchev–Trinajstić information content (AvgIpc) is 2.19. The second-order valence-electron chi connectivity index (χ2n) is 2.87. The summed E-state index contributed by atoms with van der Waals surface area (Å²) in [5.74, 6) is -0.409. The van der Waals surface area contributed by atoms with Crippen LogP contribution in [-0.2, 0) is 0 Å². The normalized spacial score (nSPS) is 10.1. The quantitative estimate of drug-likeness (QED) is 0.729. The number of hydrogen-bond donors (Lipinski definition) is 1. The number of nitrogens with one attached hydrogen (secondary N) is 1. The zero-order chi connectivity index (χ0) is 9.97. The molecule has 1 aromatic heterocycles. The maximum absolute atomic E-state index is 12.8. The molecule has 69 valence electrons. The number of halogens is 1. The van der Waals surface area contributed by atoms with Gasteiger partial charge in [-0.15, -0.1) is 0 Å². The lowest BCUT2D eigenvalue weighted by Crippen LogP contribution is -2.01. The van der Waals surface area contributed by atoms with Gasteiger partial charge in [0.1, 0.15) is 5.82 Å². The van der Waals surface area contributed by atoms with E-state index in [1.807, 2.05) is 0 Å². The highest BCUT2D eigenvalue weighted by Crippen LogP contribution is 2.17. The molecule has 0 aliphatic heterocycles. The van der Waals surface area contributed by atoms with E-state index >= 15 is 0 Å². The summed E-state index contributed by atoms with van der Waals surface area (Å²) in [7, 11) is 0. The van der Waals surface area contributed by atoms with Crippen LogP contribution < -0.4 is 5.56 Å². The minimum absolute atomic E-state index is 0.170. The summed E-state index contributed by atoms with van der Waals surface area (Å²) >= 11 is 0. The van der Waals surface area contributed by atoms with Gasteiger partial charge in [0, 0.05) is 18.3 Å². The van der Waals surface area contributed by atoms with Crippen LogP contribution in [0, 0.1) is 11.9 Å². The van der Waals surface area contributed by atoms with Gasteiger partial charge in [-0.1, -0.05) is 12.1 Å².